The third kappa shape index (κ3) is 4.20. The molecule has 0 fully saturated rings. The maximum absolute atomic E-state index is 8.75. The van der Waals surface area contributed by atoms with Crippen molar-refractivity contribution in [3.63, 3.8) is 0 Å². The average Bonchev–Trinajstić information content (AvgIpc) is 2.82. The molecule has 2 aromatic rings. The third-order valence-electron chi connectivity index (χ3n) is 3.04. The summed E-state index contributed by atoms with van der Waals surface area (Å²) in [6.07, 6.45) is 1.06. The van der Waals surface area contributed by atoms with Crippen LogP contribution in [0.3, 0.4) is 0 Å². The molecular formula is C16H18N2S. The van der Waals surface area contributed by atoms with Gasteiger partial charge in [0.2, 0.25) is 0 Å². The molecule has 1 unspecified atom stereocenters. The minimum Gasteiger partial charge on any atom is -0.310 e. The standard InChI is InChI=1S/C16H18N2S/c1-12(9-16-8-3-13(2)19-16)18-11-15-6-4-14(10-17)5-7-15/h3-8,12,18H,9,11H2,1-2H3. The first kappa shape index (κ1) is 13.8. The SMILES string of the molecule is Cc1ccc(CC(C)NCc2ccc(C#N)cc2)s1. The number of hydrogen-bond acceptors (Lipinski definition) is 3. The van der Waals surface area contributed by atoms with Gasteiger partial charge in [-0.3, -0.25) is 0 Å². The summed E-state index contributed by atoms with van der Waals surface area (Å²) in [4.78, 5) is 2.80. The van der Waals surface area contributed by atoms with Gasteiger partial charge in [-0.15, -0.1) is 11.3 Å². The van der Waals surface area contributed by atoms with Crippen LogP contribution in [0.5, 0.6) is 0 Å². The molecule has 0 radical (unpaired) electrons. The molecule has 0 aliphatic rings. The average molecular weight is 270 g/mol. The van der Waals surface area contributed by atoms with Crippen molar-refractivity contribution >= 4 is 11.3 Å². The number of nitrogens with zero attached hydrogens (tertiary/aromatic N) is 1. The Balaban J connectivity index is 1.82. The Hall–Kier alpha value is -1.63. The number of benzene rings is 1. The molecular weight excluding hydrogens is 252 g/mol. The molecule has 2 nitrogen and oxygen atoms in total. The minimum atomic E-state index is 0.452. The molecule has 1 N–H and O–H groups in total. The number of hydrogen-bond donors (Lipinski definition) is 1. The highest BCUT2D eigenvalue weighted by Crippen LogP contribution is 2.16. The summed E-state index contributed by atoms with van der Waals surface area (Å²) in [6.45, 7) is 5.19. The van der Waals surface area contributed by atoms with E-state index in [1.807, 2.05) is 35.6 Å². The molecule has 0 aliphatic heterocycles. The predicted octanol–water partition coefficient (Wildman–Crippen LogP) is 3.65. The lowest BCUT2D eigenvalue weighted by Crippen LogP contribution is -2.27. The topological polar surface area (TPSA) is 35.8 Å². The summed E-state index contributed by atoms with van der Waals surface area (Å²) in [5.74, 6) is 0. The summed E-state index contributed by atoms with van der Waals surface area (Å²) in [6, 6.07) is 14.7. The van der Waals surface area contributed by atoms with Crippen LogP contribution in [0.2, 0.25) is 0 Å². The Labute approximate surface area is 118 Å². The van der Waals surface area contributed by atoms with E-state index in [0.29, 0.717) is 11.6 Å². The van der Waals surface area contributed by atoms with Crippen molar-refractivity contribution in [1.29, 1.82) is 5.26 Å². The van der Waals surface area contributed by atoms with E-state index in [2.05, 4.69) is 37.4 Å². The number of rotatable bonds is 5. The van der Waals surface area contributed by atoms with Crippen LogP contribution in [0.1, 0.15) is 27.8 Å². The maximum Gasteiger partial charge on any atom is 0.0991 e. The summed E-state index contributed by atoms with van der Waals surface area (Å²) in [5, 5.41) is 12.3. The van der Waals surface area contributed by atoms with E-state index >= 15 is 0 Å². The third-order valence-corrected chi connectivity index (χ3v) is 4.06. The number of nitriles is 1. The van der Waals surface area contributed by atoms with Crippen molar-refractivity contribution in [2.75, 3.05) is 0 Å². The Morgan fingerprint density at radius 2 is 1.95 bits per heavy atom. The molecule has 19 heavy (non-hydrogen) atoms. The van der Waals surface area contributed by atoms with Crippen molar-refractivity contribution in [2.24, 2.45) is 0 Å². The van der Waals surface area contributed by atoms with E-state index in [4.69, 9.17) is 5.26 Å². The fourth-order valence-corrected chi connectivity index (χ4v) is 2.98. The summed E-state index contributed by atoms with van der Waals surface area (Å²) < 4.78 is 0. The van der Waals surface area contributed by atoms with Crippen molar-refractivity contribution in [3.05, 3.63) is 57.3 Å². The largest absolute Gasteiger partial charge is 0.310 e. The maximum atomic E-state index is 8.75. The normalized spacial score (nSPS) is 12.1. The van der Waals surface area contributed by atoms with Crippen LogP contribution in [0, 0.1) is 18.3 Å². The molecule has 98 valence electrons. The fourth-order valence-electron chi connectivity index (χ4n) is 1.96. The molecule has 1 aromatic carbocycles. The van der Waals surface area contributed by atoms with Crippen LogP contribution >= 0.6 is 11.3 Å². The lowest BCUT2D eigenvalue weighted by molar-refractivity contribution is 0.548. The fraction of sp³-hybridized carbons (Fsp3) is 0.312. The van der Waals surface area contributed by atoms with Crippen molar-refractivity contribution in [1.82, 2.24) is 5.32 Å². The van der Waals surface area contributed by atoms with Crippen LogP contribution in [-0.4, -0.2) is 6.04 Å². The van der Waals surface area contributed by atoms with Gasteiger partial charge in [-0.05, 0) is 50.1 Å². The molecule has 0 amide bonds. The monoisotopic (exact) mass is 270 g/mol. The van der Waals surface area contributed by atoms with E-state index < -0.39 is 0 Å². The summed E-state index contributed by atoms with van der Waals surface area (Å²) in [7, 11) is 0. The van der Waals surface area contributed by atoms with Crippen LogP contribution in [0.25, 0.3) is 0 Å². The first-order chi connectivity index (χ1) is 9.17. The Bertz CT molecular complexity index is 563. The molecule has 0 aliphatic carbocycles. The van der Waals surface area contributed by atoms with Crippen molar-refractivity contribution in [3.8, 4) is 6.07 Å². The summed E-state index contributed by atoms with van der Waals surface area (Å²) in [5.41, 5.74) is 1.93. The van der Waals surface area contributed by atoms with Crippen LogP contribution in [0.15, 0.2) is 36.4 Å². The highest BCUT2D eigenvalue weighted by Gasteiger charge is 2.05. The number of thiophene rings is 1. The highest BCUT2D eigenvalue weighted by atomic mass is 32.1. The summed E-state index contributed by atoms with van der Waals surface area (Å²) >= 11 is 1.87. The molecule has 1 atom stereocenters. The lowest BCUT2D eigenvalue weighted by Gasteiger charge is -2.12. The number of aryl methyl sites for hydroxylation is 1. The molecule has 1 heterocycles. The Kier molecular flexibility index (Phi) is 4.73. The smallest absolute Gasteiger partial charge is 0.0991 e. The van der Waals surface area contributed by atoms with E-state index in [1.54, 1.807) is 0 Å². The predicted molar refractivity (Wildman–Crippen MR) is 80.2 cm³/mol. The zero-order chi connectivity index (χ0) is 13.7. The van der Waals surface area contributed by atoms with Gasteiger partial charge < -0.3 is 5.32 Å². The van der Waals surface area contributed by atoms with Crippen LogP contribution in [0.4, 0.5) is 0 Å². The quantitative estimate of drug-likeness (QED) is 0.900. The minimum absolute atomic E-state index is 0.452. The molecule has 3 heteroatoms. The van der Waals surface area contributed by atoms with Gasteiger partial charge >= 0.3 is 0 Å². The molecule has 1 aromatic heterocycles. The van der Waals surface area contributed by atoms with Crippen LogP contribution in [-0.2, 0) is 13.0 Å². The Morgan fingerprint density at radius 3 is 2.53 bits per heavy atom. The van der Waals surface area contributed by atoms with Gasteiger partial charge in [-0.25, -0.2) is 0 Å². The van der Waals surface area contributed by atoms with Crippen LogP contribution < -0.4 is 5.32 Å². The molecule has 2 rings (SSSR count). The van der Waals surface area contributed by atoms with Gasteiger partial charge in [0, 0.05) is 22.3 Å². The van der Waals surface area contributed by atoms with E-state index in [9.17, 15) is 0 Å². The lowest BCUT2D eigenvalue weighted by atomic mass is 10.1. The van der Waals surface area contributed by atoms with Gasteiger partial charge in [-0.1, -0.05) is 12.1 Å². The van der Waals surface area contributed by atoms with Crippen molar-refractivity contribution < 1.29 is 0 Å². The van der Waals surface area contributed by atoms with Gasteiger partial charge in [0.25, 0.3) is 0 Å². The Morgan fingerprint density at radius 1 is 1.21 bits per heavy atom. The molecule has 0 spiro atoms. The van der Waals surface area contributed by atoms with Crippen molar-refractivity contribution in [2.45, 2.75) is 32.9 Å². The second-order valence-electron chi connectivity index (χ2n) is 4.81. The first-order valence-electron chi connectivity index (χ1n) is 6.45. The molecule has 0 saturated carbocycles. The van der Waals surface area contributed by atoms with E-state index in [-0.39, 0.29) is 0 Å². The number of nitrogens with one attached hydrogen (secondary N) is 1. The van der Waals surface area contributed by atoms with Gasteiger partial charge in [0.05, 0.1) is 11.6 Å². The molecule has 0 saturated heterocycles. The second kappa shape index (κ2) is 6.51. The zero-order valence-electron chi connectivity index (χ0n) is 11.3. The van der Waals surface area contributed by atoms with E-state index in [0.717, 1.165) is 13.0 Å². The highest BCUT2D eigenvalue weighted by molar-refractivity contribution is 7.11. The van der Waals surface area contributed by atoms with Gasteiger partial charge in [0.1, 0.15) is 0 Å². The zero-order valence-corrected chi connectivity index (χ0v) is 12.1. The van der Waals surface area contributed by atoms with Gasteiger partial charge in [0.15, 0.2) is 0 Å². The van der Waals surface area contributed by atoms with Gasteiger partial charge in [-0.2, -0.15) is 5.26 Å². The van der Waals surface area contributed by atoms with E-state index in [1.165, 1.54) is 15.3 Å². The second-order valence-corrected chi connectivity index (χ2v) is 6.18. The molecule has 0 bridgehead atoms. The first-order valence-corrected chi connectivity index (χ1v) is 7.27.